The van der Waals surface area contributed by atoms with Crippen molar-refractivity contribution in [3.63, 3.8) is 0 Å². The molecule has 5 heteroatoms. The number of nitrogens with two attached hydrogens (primary N) is 1. The van der Waals surface area contributed by atoms with Gasteiger partial charge in [-0.1, -0.05) is 28.1 Å². The molecule has 1 aliphatic carbocycles. The van der Waals surface area contributed by atoms with Crippen molar-refractivity contribution >= 4 is 27.7 Å². The lowest BCUT2D eigenvalue weighted by atomic mass is 10.1. The Bertz CT molecular complexity index is 564. The highest BCUT2D eigenvalue weighted by Crippen LogP contribution is 2.27. The summed E-state index contributed by atoms with van der Waals surface area (Å²) >= 11 is 3.41. The fourth-order valence-corrected chi connectivity index (χ4v) is 1.99. The molecule has 4 nitrogen and oxygen atoms in total. The first kappa shape index (κ1) is 11.5. The van der Waals surface area contributed by atoms with Gasteiger partial charge in [-0.15, -0.1) is 0 Å². The zero-order chi connectivity index (χ0) is 12.5. The van der Waals surface area contributed by atoms with Crippen molar-refractivity contribution in [3.8, 4) is 11.1 Å². The number of anilines is 2. The molecular weight excluding hydrogens is 292 g/mol. The van der Waals surface area contributed by atoms with Crippen molar-refractivity contribution in [1.29, 1.82) is 0 Å². The second kappa shape index (κ2) is 4.57. The predicted octanol–water partition coefficient (Wildman–Crippen LogP) is 3.06. The topological polar surface area (TPSA) is 63.8 Å². The molecule has 18 heavy (non-hydrogen) atoms. The SMILES string of the molecule is Nc1nc(NC2CC2)ncc1-c1ccc(Br)cc1. The molecule has 2 aromatic rings. The molecule has 0 saturated heterocycles. The second-order valence-electron chi connectivity index (χ2n) is 4.42. The summed E-state index contributed by atoms with van der Waals surface area (Å²) in [5, 5.41) is 3.23. The summed E-state index contributed by atoms with van der Waals surface area (Å²) in [6.45, 7) is 0. The number of nitrogen functional groups attached to an aromatic ring is 1. The molecular formula is C13H13BrN4. The largest absolute Gasteiger partial charge is 0.383 e. The van der Waals surface area contributed by atoms with Crippen LogP contribution in [0.3, 0.4) is 0 Å². The van der Waals surface area contributed by atoms with Crippen LogP contribution in [-0.2, 0) is 0 Å². The Morgan fingerprint density at radius 3 is 2.56 bits per heavy atom. The Morgan fingerprint density at radius 2 is 1.94 bits per heavy atom. The zero-order valence-corrected chi connectivity index (χ0v) is 11.3. The van der Waals surface area contributed by atoms with E-state index in [-0.39, 0.29) is 0 Å². The van der Waals surface area contributed by atoms with E-state index in [1.807, 2.05) is 24.3 Å². The molecule has 92 valence electrons. The summed E-state index contributed by atoms with van der Waals surface area (Å²) < 4.78 is 1.04. The molecule has 0 unspecified atom stereocenters. The number of nitrogens with one attached hydrogen (secondary N) is 1. The van der Waals surface area contributed by atoms with Crippen molar-refractivity contribution in [2.75, 3.05) is 11.1 Å². The number of hydrogen-bond donors (Lipinski definition) is 2. The van der Waals surface area contributed by atoms with E-state index in [0.29, 0.717) is 17.8 Å². The maximum atomic E-state index is 5.98. The van der Waals surface area contributed by atoms with Gasteiger partial charge in [-0.25, -0.2) is 4.98 Å². The van der Waals surface area contributed by atoms with E-state index in [9.17, 15) is 0 Å². The van der Waals surface area contributed by atoms with Gasteiger partial charge in [0.1, 0.15) is 5.82 Å². The van der Waals surface area contributed by atoms with Gasteiger partial charge in [0.25, 0.3) is 0 Å². The van der Waals surface area contributed by atoms with Crippen LogP contribution >= 0.6 is 15.9 Å². The third kappa shape index (κ3) is 2.46. The van der Waals surface area contributed by atoms with Crippen LogP contribution < -0.4 is 11.1 Å². The number of hydrogen-bond acceptors (Lipinski definition) is 4. The molecule has 0 atom stereocenters. The Balaban J connectivity index is 1.89. The third-order valence-corrected chi connectivity index (χ3v) is 3.41. The maximum Gasteiger partial charge on any atom is 0.224 e. The lowest BCUT2D eigenvalue weighted by Crippen LogP contribution is -2.07. The maximum absolute atomic E-state index is 5.98. The van der Waals surface area contributed by atoms with Crippen molar-refractivity contribution in [2.24, 2.45) is 0 Å². The van der Waals surface area contributed by atoms with E-state index in [4.69, 9.17) is 5.73 Å². The molecule has 0 radical (unpaired) electrons. The second-order valence-corrected chi connectivity index (χ2v) is 5.33. The molecule has 1 fully saturated rings. The fourth-order valence-electron chi connectivity index (χ4n) is 1.73. The summed E-state index contributed by atoms with van der Waals surface area (Å²) in [6.07, 6.45) is 4.16. The highest BCUT2D eigenvalue weighted by Gasteiger charge is 2.22. The highest BCUT2D eigenvalue weighted by molar-refractivity contribution is 9.10. The van der Waals surface area contributed by atoms with E-state index >= 15 is 0 Å². The van der Waals surface area contributed by atoms with Crippen LogP contribution in [0.4, 0.5) is 11.8 Å². The quantitative estimate of drug-likeness (QED) is 0.915. The Hall–Kier alpha value is -1.62. The van der Waals surface area contributed by atoms with Crippen LogP contribution in [0.2, 0.25) is 0 Å². The number of nitrogens with zero attached hydrogens (tertiary/aromatic N) is 2. The number of halogens is 1. The van der Waals surface area contributed by atoms with Crippen LogP contribution in [-0.4, -0.2) is 16.0 Å². The van der Waals surface area contributed by atoms with Crippen molar-refractivity contribution in [1.82, 2.24) is 9.97 Å². The van der Waals surface area contributed by atoms with Crippen LogP contribution in [0.15, 0.2) is 34.9 Å². The zero-order valence-electron chi connectivity index (χ0n) is 9.73. The van der Waals surface area contributed by atoms with Gasteiger partial charge in [0, 0.05) is 22.3 Å². The molecule has 0 amide bonds. The van der Waals surface area contributed by atoms with Crippen LogP contribution in [0.25, 0.3) is 11.1 Å². The molecule has 0 bridgehead atoms. The van der Waals surface area contributed by atoms with E-state index in [1.165, 1.54) is 12.8 Å². The Labute approximate surface area is 114 Å². The van der Waals surface area contributed by atoms with Gasteiger partial charge >= 0.3 is 0 Å². The van der Waals surface area contributed by atoms with Crippen molar-refractivity contribution in [2.45, 2.75) is 18.9 Å². The molecule has 0 spiro atoms. The summed E-state index contributed by atoms with van der Waals surface area (Å²) in [5.41, 5.74) is 7.87. The minimum atomic E-state index is 0.510. The lowest BCUT2D eigenvalue weighted by molar-refractivity contribution is 1.06. The molecule has 1 aromatic carbocycles. The van der Waals surface area contributed by atoms with Crippen molar-refractivity contribution in [3.05, 3.63) is 34.9 Å². The molecule has 1 heterocycles. The van der Waals surface area contributed by atoms with Gasteiger partial charge in [-0.2, -0.15) is 4.98 Å². The summed E-state index contributed by atoms with van der Waals surface area (Å²) in [4.78, 5) is 8.60. The van der Waals surface area contributed by atoms with Crippen LogP contribution in [0.5, 0.6) is 0 Å². The Kier molecular flexibility index (Phi) is 2.91. The molecule has 1 aromatic heterocycles. The minimum Gasteiger partial charge on any atom is -0.383 e. The van der Waals surface area contributed by atoms with Gasteiger partial charge in [0.15, 0.2) is 0 Å². The molecule has 1 aliphatic rings. The van der Waals surface area contributed by atoms with Gasteiger partial charge in [-0.3, -0.25) is 0 Å². The van der Waals surface area contributed by atoms with E-state index in [1.54, 1.807) is 6.20 Å². The van der Waals surface area contributed by atoms with E-state index in [2.05, 4.69) is 31.2 Å². The van der Waals surface area contributed by atoms with E-state index in [0.717, 1.165) is 15.6 Å². The molecule has 1 saturated carbocycles. The number of benzene rings is 1. The summed E-state index contributed by atoms with van der Waals surface area (Å²) in [7, 11) is 0. The Morgan fingerprint density at radius 1 is 1.22 bits per heavy atom. The fraction of sp³-hybridized carbons (Fsp3) is 0.231. The average Bonchev–Trinajstić information content (AvgIpc) is 3.15. The standard InChI is InChI=1S/C13H13BrN4/c14-9-3-1-8(2-4-9)11-7-16-13(18-12(11)15)17-10-5-6-10/h1-4,7,10H,5-6H2,(H3,15,16,17,18). The molecule has 3 N–H and O–H groups in total. The van der Waals surface area contributed by atoms with Gasteiger partial charge in [-0.05, 0) is 30.5 Å². The van der Waals surface area contributed by atoms with Crippen LogP contribution in [0, 0.1) is 0 Å². The first-order chi connectivity index (χ1) is 8.72. The minimum absolute atomic E-state index is 0.510. The van der Waals surface area contributed by atoms with Gasteiger partial charge < -0.3 is 11.1 Å². The number of aromatic nitrogens is 2. The monoisotopic (exact) mass is 304 g/mol. The van der Waals surface area contributed by atoms with E-state index < -0.39 is 0 Å². The van der Waals surface area contributed by atoms with Crippen molar-refractivity contribution < 1.29 is 0 Å². The number of rotatable bonds is 3. The summed E-state index contributed by atoms with van der Waals surface area (Å²) in [5.74, 6) is 1.13. The van der Waals surface area contributed by atoms with Gasteiger partial charge in [0.05, 0.1) is 0 Å². The smallest absolute Gasteiger partial charge is 0.224 e. The lowest BCUT2D eigenvalue weighted by Gasteiger charge is -2.08. The highest BCUT2D eigenvalue weighted by atomic mass is 79.9. The molecule has 3 rings (SSSR count). The first-order valence-electron chi connectivity index (χ1n) is 5.87. The average molecular weight is 305 g/mol. The normalized spacial score (nSPS) is 14.5. The molecule has 0 aliphatic heterocycles. The summed E-state index contributed by atoms with van der Waals surface area (Å²) in [6, 6.07) is 8.47. The van der Waals surface area contributed by atoms with Crippen LogP contribution in [0.1, 0.15) is 12.8 Å². The van der Waals surface area contributed by atoms with Gasteiger partial charge in [0.2, 0.25) is 5.95 Å². The predicted molar refractivity (Wildman–Crippen MR) is 76.2 cm³/mol. The third-order valence-electron chi connectivity index (χ3n) is 2.88. The first-order valence-corrected chi connectivity index (χ1v) is 6.66.